The molecule has 1 heterocycles. The summed E-state index contributed by atoms with van der Waals surface area (Å²) in [5.74, 6) is 0. The fourth-order valence-corrected chi connectivity index (χ4v) is 1.26. The second-order valence-electron chi connectivity index (χ2n) is 2.25. The van der Waals surface area contributed by atoms with Gasteiger partial charge in [-0.15, -0.1) is 0 Å². The third kappa shape index (κ3) is 1.29. The van der Waals surface area contributed by atoms with Gasteiger partial charge < -0.3 is 5.21 Å². The Bertz CT molecular complexity index is 237. The minimum absolute atomic E-state index is 0.753. The van der Waals surface area contributed by atoms with Crippen molar-refractivity contribution in [3.63, 3.8) is 0 Å². The van der Waals surface area contributed by atoms with E-state index in [-0.39, 0.29) is 0 Å². The molecule has 0 amide bonds. The summed E-state index contributed by atoms with van der Waals surface area (Å²) in [4.78, 5) is 0. The number of hydrogen-bond donors (Lipinski definition) is 0. The molecule has 1 aromatic rings. The fourth-order valence-electron chi connectivity index (χ4n) is 0.731. The highest BCUT2D eigenvalue weighted by Crippen LogP contribution is 2.10. The molecule has 0 saturated heterocycles. The van der Waals surface area contributed by atoms with E-state index >= 15 is 0 Å². The first kappa shape index (κ1) is 7.54. The van der Waals surface area contributed by atoms with Crippen LogP contribution in [0.3, 0.4) is 0 Å². The van der Waals surface area contributed by atoms with Crippen molar-refractivity contribution in [3.05, 3.63) is 33.2 Å². The molecule has 1 rings (SSSR count). The smallest absolute Gasteiger partial charge is 0.194 e. The van der Waals surface area contributed by atoms with E-state index < -0.39 is 0 Å². The van der Waals surface area contributed by atoms with Crippen molar-refractivity contribution in [3.8, 4) is 0 Å². The molecule has 0 radical (unpaired) electrons. The van der Waals surface area contributed by atoms with Crippen molar-refractivity contribution in [2.75, 3.05) is 0 Å². The number of hydrogen-bond acceptors (Lipinski definition) is 1. The molecule has 0 aliphatic heterocycles. The van der Waals surface area contributed by atoms with Crippen LogP contribution in [0.15, 0.2) is 16.7 Å². The summed E-state index contributed by atoms with van der Waals surface area (Å²) in [7, 11) is 0. The standard InChI is InChI=1S/C7H8BrNO/c1-5-3-7(8)4-9(10)6(5)2/h3-4H,1-2H3. The molecular weight excluding hydrogens is 194 g/mol. The van der Waals surface area contributed by atoms with Gasteiger partial charge in [-0.1, -0.05) is 0 Å². The van der Waals surface area contributed by atoms with Crippen molar-refractivity contribution in [2.45, 2.75) is 13.8 Å². The van der Waals surface area contributed by atoms with Crippen molar-refractivity contribution < 1.29 is 4.73 Å². The number of nitrogens with zero attached hydrogens (tertiary/aromatic N) is 1. The van der Waals surface area contributed by atoms with Gasteiger partial charge in [-0.05, 0) is 28.9 Å². The number of aromatic nitrogens is 1. The van der Waals surface area contributed by atoms with Gasteiger partial charge in [-0.2, -0.15) is 4.73 Å². The Morgan fingerprint density at radius 1 is 1.50 bits per heavy atom. The van der Waals surface area contributed by atoms with Crippen molar-refractivity contribution in [2.24, 2.45) is 0 Å². The maximum atomic E-state index is 10.9. The van der Waals surface area contributed by atoms with Crippen LogP contribution < -0.4 is 4.73 Å². The topological polar surface area (TPSA) is 26.9 Å². The van der Waals surface area contributed by atoms with Crippen LogP contribution in [0.25, 0.3) is 0 Å². The molecule has 0 aliphatic carbocycles. The van der Waals surface area contributed by atoms with Crippen LogP contribution in [-0.2, 0) is 0 Å². The van der Waals surface area contributed by atoms with Gasteiger partial charge in [-0.25, -0.2) is 0 Å². The molecular formula is C7H8BrNO. The molecule has 1 aromatic heterocycles. The Kier molecular flexibility index (Phi) is 1.94. The molecule has 0 atom stereocenters. The first-order valence-electron chi connectivity index (χ1n) is 2.97. The predicted molar refractivity (Wildman–Crippen MR) is 42.6 cm³/mol. The largest absolute Gasteiger partial charge is 0.618 e. The number of aryl methyl sites for hydroxylation is 1. The Morgan fingerprint density at radius 2 is 2.10 bits per heavy atom. The van der Waals surface area contributed by atoms with Crippen molar-refractivity contribution >= 4 is 15.9 Å². The van der Waals surface area contributed by atoms with Gasteiger partial charge in [-0.3, -0.25) is 0 Å². The molecule has 54 valence electrons. The van der Waals surface area contributed by atoms with Gasteiger partial charge in [0.15, 0.2) is 11.9 Å². The quantitative estimate of drug-likeness (QED) is 0.464. The van der Waals surface area contributed by atoms with Gasteiger partial charge in [0.25, 0.3) is 0 Å². The second-order valence-corrected chi connectivity index (χ2v) is 3.17. The average molecular weight is 202 g/mol. The highest BCUT2D eigenvalue weighted by molar-refractivity contribution is 9.10. The number of rotatable bonds is 0. The van der Waals surface area contributed by atoms with Crippen LogP contribution in [0.4, 0.5) is 0 Å². The maximum absolute atomic E-state index is 10.9. The van der Waals surface area contributed by atoms with E-state index in [1.807, 2.05) is 13.0 Å². The number of halogens is 1. The Hall–Kier alpha value is -0.570. The minimum Gasteiger partial charge on any atom is -0.618 e. The second kappa shape index (κ2) is 2.58. The van der Waals surface area contributed by atoms with Gasteiger partial charge in [0.05, 0.1) is 4.47 Å². The third-order valence-corrected chi connectivity index (χ3v) is 1.93. The monoisotopic (exact) mass is 201 g/mol. The third-order valence-electron chi connectivity index (χ3n) is 1.50. The van der Waals surface area contributed by atoms with Crippen LogP contribution >= 0.6 is 15.9 Å². The van der Waals surface area contributed by atoms with Gasteiger partial charge in [0, 0.05) is 12.5 Å². The summed E-state index contributed by atoms with van der Waals surface area (Å²) in [5, 5.41) is 10.9. The maximum Gasteiger partial charge on any atom is 0.194 e. The summed E-state index contributed by atoms with van der Waals surface area (Å²) < 4.78 is 1.69. The molecule has 0 unspecified atom stereocenters. The van der Waals surface area contributed by atoms with Crippen LogP contribution in [0.2, 0.25) is 0 Å². The van der Waals surface area contributed by atoms with Crippen LogP contribution in [0.1, 0.15) is 11.3 Å². The molecule has 0 N–H and O–H groups in total. The number of pyridine rings is 1. The summed E-state index contributed by atoms with van der Waals surface area (Å²) in [6.45, 7) is 3.71. The molecule has 0 aromatic carbocycles. The molecule has 0 fully saturated rings. The van der Waals surface area contributed by atoms with E-state index in [9.17, 15) is 5.21 Å². The first-order valence-corrected chi connectivity index (χ1v) is 3.76. The summed E-state index contributed by atoms with van der Waals surface area (Å²) in [6, 6.07) is 1.92. The lowest BCUT2D eigenvalue weighted by Crippen LogP contribution is -2.30. The first-order chi connectivity index (χ1) is 4.61. The molecule has 3 heteroatoms. The molecule has 10 heavy (non-hydrogen) atoms. The fraction of sp³-hybridized carbons (Fsp3) is 0.286. The van der Waals surface area contributed by atoms with Crippen LogP contribution in [0.5, 0.6) is 0 Å². The molecule has 2 nitrogen and oxygen atoms in total. The highest BCUT2D eigenvalue weighted by Gasteiger charge is 2.03. The van der Waals surface area contributed by atoms with Crippen molar-refractivity contribution in [1.82, 2.24) is 0 Å². The van der Waals surface area contributed by atoms with E-state index in [2.05, 4.69) is 15.9 Å². The van der Waals surface area contributed by atoms with Crippen LogP contribution in [0, 0.1) is 19.1 Å². The van der Waals surface area contributed by atoms with E-state index in [0.29, 0.717) is 0 Å². The van der Waals surface area contributed by atoms with Crippen LogP contribution in [-0.4, -0.2) is 0 Å². The lowest BCUT2D eigenvalue weighted by Gasteiger charge is -2.02. The zero-order valence-corrected chi connectivity index (χ0v) is 7.47. The summed E-state index contributed by atoms with van der Waals surface area (Å²) in [6.07, 6.45) is 1.50. The molecule has 0 aliphatic rings. The molecule has 0 saturated carbocycles. The van der Waals surface area contributed by atoms with Gasteiger partial charge in [0.1, 0.15) is 0 Å². The van der Waals surface area contributed by atoms with E-state index in [4.69, 9.17) is 0 Å². The minimum atomic E-state index is 0.753. The lowest BCUT2D eigenvalue weighted by atomic mass is 10.2. The summed E-state index contributed by atoms with van der Waals surface area (Å²) >= 11 is 3.23. The van der Waals surface area contributed by atoms with Gasteiger partial charge in [0.2, 0.25) is 0 Å². The lowest BCUT2D eigenvalue weighted by molar-refractivity contribution is -0.613. The van der Waals surface area contributed by atoms with E-state index in [1.165, 1.54) is 6.20 Å². The van der Waals surface area contributed by atoms with E-state index in [0.717, 1.165) is 20.5 Å². The Morgan fingerprint density at radius 3 is 2.60 bits per heavy atom. The zero-order chi connectivity index (χ0) is 7.72. The highest BCUT2D eigenvalue weighted by atomic mass is 79.9. The SMILES string of the molecule is Cc1cc(Br)c[n+]([O-])c1C. The average Bonchev–Trinajstić information content (AvgIpc) is 1.82. The normalized spacial score (nSPS) is 9.90. The Balaban J connectivity index is 3.31. The zero-order valence-electron chi connectivity index (χ0n) is 5.89. The Labute approximate surface area is 68.2 Å². The van der Waals surface area contributed by atoms with Crippen molar-refractivity contribution in [1.29, 1.82) is 0 Å². The predicted octanol–water partition coefficient (Wildman–Crippen LogP) is 1.70. The molecule has 0 spiro atoms. The van der Waals surface area contributed by atoms with Gasteiger partial charge >= 0.3 is 0 Å². The summed E-state index contributed by atoms with van der Waals surface area (Å²) in [5.41, 5.74) is 1.76. The molecule has 0 bridgehead atoms. The van der Waals surface area contributed by atoms with E-state index in [1.54, 1.807) is 6.92 Å².